The number of hydrogen-bond acceptors (Lipinski definition) is 6. The number of ether oxygens (including phenoxy) is 1. The first-order valence-electron chi connectivity index (χ1n) is 10.5. The van der Waals surface area contributed by atoms with Crippen molar-refractivity contribution < 1.29 is 14.3 Å². The van der Waals surface area contributed by atoms with Gasteiger partial charge in [-0.2, -0.15) is 0 Å². The largest absolute Gasteiger partial charge is 0.456 e. The van der Waals surface area contributed by atoms with E-state index in [4.69, 9.17) is 4.74 Å². The number of esters is 1. The minimum Gasteiger partial charge on any atom is -0.456 e. The van der Waals surface area contributed by atoms with Crippen LogP contribution in [0.25, 0.3) is 10.2 Å². The molecule has 0 fully saturated rings. The third kappa shape index (κ3) is 5.02. The number of carbonyl (C=O) groups excluding carboxylic acids is 2. The van der Waals surface area contributed by atoms with E-state index in [2.05, 4.69) is 28.5 Å². The van der Waals surface area contributed by atoms with Gasteiger partial charge < -0.3 is 10.1 Å². The van der Waals surface area contributed by atoms with Crippen LogP contribution in [0.5, 0.6) is 0 Å². The quantitative estimate of drug-likeness (QED) is 0.571. The first-order valence-corrected chi connectivity index (χ1v) is 11.4. The summed E-state index contributed by atoms with van der Waals surface area (Å²) in [5.41, 5.74) is 3.63. The van der Waals surface area contributed by atoms with Crippen molar-refractivity contribution in [3.8, 4) is 0 Å². The monoisotopic (exact) mass is 439 g/mol. The van der Waals surface area contributed by atoms with Gasteiger partial charge in [0.05, 0.1) is 24.2 Å². The normalized spacial score (nSPS) is 14.1. The van der Waals surface area contributed by atoms with Gasteiger partial charge in [-0.05, 0) is 60.7 Å². The van der Waals surface area contributed by atoms with Crippen molar-refractivity contribution in [1.29, 1.82) is 0 Å². The summed E-state index contributed by atoms with van der Waals surface area (Å²) in [6.45, 7) is 1.73. The molecule has 0 bridgehead atoms. The number of hydrogen-bond donors (Lipinski definition) is 1. The lowest BCUT2D eigenvalue weighted by Gasteiger charge is -2.20. The molecule has 2 aromatic heterocycles. The van der Waals surface area contributed by atoms with Crippen molar-refractivity contribution >= 4 is 33.4 Å². The van der Waals surface area contributed by atoms with E-state index in [0.717, 1.165) is 18.4 Å². The summed E-state index contributed by atoms with van der Waals surface area (Å²) in [7, 11) is 0. The molecular weight excluding hydrogens is 414 g/mol. The zero-order chi connectivity index (χ0) is 21.8. The van der Waals surface area contributed by atoms with Gasteiger partial charge >= 0.3 is 5.97 Å². The molecule has 2 heterocycles. The van der Waals surface area contributed by atoms with E-state index in [1.165, 1.54) is 46.2 Å². The molecular formula is C23H25N3O4S. The van der Waals surface area contributed by atoms with Crippen LogP contribution in [-0.4, -0.2) is 28.0 Å². The number of benzene rings is 1. The molecule has 1 unspecified atom stereocenters. The second kappa shape index (κ2) is 9.43. The molecule has 1 aliphatic rings. The summed E-state index contributed by atoms with van der Waals surface area (Å²) in [6.07, 6.45) is 6.06. The zero-order valence-electron chi connectivity index (χ0n) is 17.4. The maximum absolute atomic E-state index is 12.3. The van der Waals surface area contributed by atoms with E-state index in [9.17, 15) is 14.4 Å². The molecule has 162 valence electrons. The fraction of sp³-hybridized carbons (Fsp3) is 0.391. The molecule has 1 aliphatic carbocycles. The van der Waals surface area contributed by atoms with E-state index in [0.29, 0.717) is 10.2 Å². The average molecular weight is 440 g/mol. The Morgan fingerprint density at radius 2 is 2.03 bits per heavy atom. The predicted octanol–water partition coefficient (Wildman–Crippen LogP) is 3.15. The standard InChI is InChI=1S/C23H25N3O4S/c1-15(17-7-6-16-4-2-3-5-18(16)12-17)25-20(27)13-30-21(28)8-10-26-14-24-22-19(23(26)29)9-11-31-22/h6-7,9,11-12,14-15H,2-5,8,10,13H2,1H3,(H,25,27). The molecule has 0 aliphatic heterocycles. The van der Waals surface area contributed by atoms with Gasteiger partial charge in [0.2, 0.25) is 0 Å². The van der Waals surface area contributed by atoms with Gasteiger partial charge in [0.15, 0.2) is 6.61 Å². The summed E-state index contributed by atoms with van der Waals surface area (Å²) in [6, 6.07) is 7.92. The Hall–Kier alpha value is -3.00. The van der Waals surface area contributed by atoms with Crippen molar-refractivity contribution in [2.75, 3.05) is 6.61 Å². The number of nitrogens with one attached hydrogen (secondary N) is 1. The van der Waals surface area contributed by atoms with Crippen LogP contribution in [0.3, 0.4) is 0 Å². The van der Waals surface area contributed by atoms with Crippen LogP contribution >= 0.6 is 11.3 Å². The van der Waals surface area contributed by atoms with E-state index >= 15 is 0 Å². The first kappa shape index (κ1) is 21.2. The van der Waals surface area contributed by atoms with Gasteiger partial charge in [-0.1, -0.05) is 18.2 Å². The highest BCUT2D eigenvalue weighted by Crippen LogP contribution is 2.24. The molecule has 8 heteroatoms. The number of amides is 1. The lowest BCUT2D eigenvalue weighted by atomic mass is 9.89. The van der Waals surface area contributed by atoms with Crippen LogP contribution in [0.2, 0.25) is 0 Å². The van der Waals surface area contributed by atoms with Gasteiger partial charge in [0, 0.05) is 6.54 Å². The predicted molar refractivity (Wildman–Crippen MR) is 119 cm³/mol. The van der Waals surface area contributed by atoms with Crippen LogP contribution in [-0.2, 0) is 33.7 Å². The summed E-state index contributed by atoms with van der Waals surface area (Å²) in [5, 5.41) is 5.22. The fourth-order valence-electron chi connectivity index (χ4n) is 3.87. The number of thiophene rings is 1. The van der Waals surface area contributed by atoms with Gasteiger partial charge in [-0.25, -0.2) is 4.98 Å². The Labute approximate surface area is 184 Å². The minimum absolute atomic E-state index is 0.00904. The average Bonchev–Trinajstić information content (AvgIpc) is 3.26. The third-order valence-corrected chi connectivity index (χ3v) is 6.44. The number of aryl methyl sites for hydroxylation is 3. The second-order valence-electron chi connectivity index (χ2n) is 7.82. The number of rotatable bonds is 7. The van der Waals surface area contributed by atoms with Gasteiger partial charge in [0.1, 0.15) is 4.83 Å². The van der Waals surface area contributed by atoms with Crippen LogP contribution in [0.4, 0.5) is 0 Å². The molecule has 4 rings (SSSR count). The molecule has 3 aromatic rings. The Bertz CT molecular complexity index is 1170. The summed E-state index contributed by atoms with van der Waals surface area (Å²) in [4.78, 5) is 41.4. The number of nitrogens with zero attached hydrogens (tertiary/aromatic N) is 2. The lowest BCUT2D eigenvalue weighted by molar-refractivity contribution is -0.148. The van der Waals surface area contributed by atoms with Crippen molar-refractivity contribution in [3.05, 3.63) is 63.0 Å². The molecule has 1 atom stereocenters. The fourth-order valence-corrected chi connectivity index (χ4v) is 4.60. The highest BCUT2D eigenvalue weighted by atomic mass is 32.1. The highest BCUT2D eigenvalue weighted by Gasteiger charge is 2.15. The molecule has 1 amide bonds. The Kier molecular flexibility index (Phi) is 6.46. The van der Waals surface area contributed by atoms with E-state index in [-0.39, 0.29) is 37.1 Å². The molecule has 0 saturated heterocycles. The first-order chi connectivity index (χ1) is 15.0. The maximum Gasteiger partial charge on any atom is 0.308 e. The summed E-state index contributed by atoms with van der Waals surface area (Å²) < 4.78 is 6.46. The number of fused-ring (bicyclic) bond motifs is 2. The summed E-state index contributed by atoms with van der Waals surface area (Å²) in [5.74, 6) is -0.883. The van der Waals surface area contributed by atoms with Crippen LogP contribution in [0.1, 0.15) is 48.9 Å². The molecule has 7 nitrogen and oxygen atoms in total. The van der Waals surface area contributed by atoms with Crippen LogP contribution in [0, 0.1) is 0 Å². The van der Waals surface area contributed by atoms with E-state index < -0.39 is 5.97 Å². The Morgan fingerprint density at radius 3 is 2.87 bits per heavy atom. The molecule has 0 saturated carbocycles. The highest BCUT2D eigenvalue weighted by molar-refractivity contribution is 7.16. The van der Waals surface area contributed by atoms with Crippen LogP contribution < -0.4 is 10.9 Å². The summed E-state index contributed by atoms with van der Waals surface area (Å²) >= 11 is 1.40. The topological polar surface area (TPSA) is 90.3 Å². The van der Waals surface area contributed by atoms with E-state index in [1.807, 2.05) is 6.92 Å². The van der Waals surface area contributed by atoms with Gasteiger partial charge in [-0.3, -0.25) is 19.0 Å². The molecule has 0 radical (unpaired) electrons. The zero-order valence-corrected chi connectivity index (χ0v) is 18.2. The third-order valence-electron chi connectivity index (χ3n) is 5.62. The van der Waals surface area contributed by atoms with Crippen molar-refractivity contribution in [2.24, 2.45) is 0 Å². The van der Waals surface area contributed by atoms with Crippen LogP contribution in [0.15, 0.2) is 40.8 Å². The van der Waals surface area contributed by atoms with Crippen molar-refractivity contribution in [3.63, 3.8) is 0 Å². The SMILES string of the molecule is CC(NC(=O)COC(=O)CCn1cnc2sccc2c1=O)c1ccc2c(c1)CCCC2. The molecule has 1 N–H and O–H groups in total. The smallest absolute Gasteiger partial charge is 0.308 e. The second-order valence-corrected chi connectivity index (χ2v) is 8.71. The lowest BCUT2D eigenvalue weighted by Crippen LogP contribution is -2.31. The van der Waals surface area contributed by atoms with Crippen molar-refractivity contribution in [1.82, 2.24) is 14.9 Å². The Balaban J connectivity index is 1.25. The molecule has 0 spiro atoms. The Morgan fingerprint density at radius 1 is 1.23 bits per heavy atom. The van der Waals surface area contributed by atoms with E-state index in [1.54, 1.807) is 11.4 Å². The van der Waals surface area contributed by atoms with Crippen molar-refractivity contribution in [2.45, 2.75) is 51.6 Å². The van der Waals surface area contributed by atoms with Gasteiger partial charge in [-0.15, -0.1) is 11.3 Å². The number of aromatic nitrogens is 2. The minimum atomic E-state index is -0.533. The maximum atomic E-state index is 12.3. The number of carbonyl (C=O) groups is 2. The molecule has 1 aromatic carbocycles. The molecule has 31 heavy (non-hydrogen) atoms. The van der Waals surface area contributed by atoms with Gasteiger partial charge in [0.25, 0.3) is 11.5 Å².